The molecule has 2 aliphatic heterocycles. The van der Waals surface area contributed by atoms with Gasteiger partial charge >= 0.3 is 6.03 Å². The monoisotopic (exact) mass is 536 g/mol. The van der Waals surface area contributed by atoms with Crippen molar-refractivity contribution in [1.82, 2.24) is 25.2 Å². The number of rotatable bonds is 8. The number of urea groups is 1. The third kappa shape index (κ3) is 5.45. The van der Waals surface area contributed by atoms with Crippen molar-refractivity contribution in [2.75, 3.05) is 55.6 Å². The van der Waals surface area contributed by atoms with E-state index in [2.05, 4.69) is 32.6 Å². The zero-order valence-electron chi connectivity index (χ0n) is 23.4. The third-order valence-corrected chi connectivity index (χ3v) is 8.02. The Morgan fingerprint density at radius 2 is 1.85 bits per heavy atom. The normalized spacial score (nSPS) is 18.9. The molecule has 1 aromatic heterocycles. The number of nitrogens with one attached hydrogen (secondary N) is 2. The molecule has 1 aromatic carbocycles. The van der Waals surface area contributed by atoms with Crippen molar-refractivity contribution in [2.24, 2.45) is 0 Å². The number of ether oxygens (including phenoxy) is 1. The molecule has 3 heterocycles. The van der Waals surface area contributed by atoms with E-state index >= 15 is 0 Å². The number of hydrazine groups is 1. The van der Waals surface area contributed by atoms with E-state index in [0.29, 0.717) is 36.0 Å². The van der Waals surface area contributed by atoms with Crippen molar-refractivity contribution in [1.29, 1.82) is 0 Å². The summed E-state index contributed by atoms with van der Waals surface area (Å²) in [5, 5.41) is 10.3. The highest BCUT2D eigenvalue weighted by Crippen LogP contribution is 2.40. The standard InChI is InChI=1S/C28H40N8O3/c1-5-34-23-18-29-27(32-25(23)36(21-9-7-8-10-21)35(6-2)28(34)38)31-22-12-11-19(17-24(22)39-4)26(37)30-20-13-15-33(3)16-14-20/h11-12,17-18,20-21H,5-10,13-16H2,1-4H3,(H,30,37)(H,29,31,32). The molecule has 5 rings (SSSR count). The molecule has 0 spiro atoms. The Labute approximate surface area is 230 Å². The Morgan fingerprint density at radius 3 is 2.51 bits per heavy atom. The van der Waals surface area contributed by atoms with Crippen molar-refractivity contribution in [3.05, 3.63) is 30.0 Å². The number of anilines is 4. The summed E-state index contributed by atoms with van der Waals surface area (Å²) in [6, 6.07) is 5.72. The van der Waals surface area contributed by atoms with Crippen LogP contribution in [-0.4, -0.2) is 84.2 Å². The molecule has 11 heteroatoms. The summed E-state index contributed by atoms with van der Waals surface area (Å²) in [5.41, 5.74) is 1.93. The van der Waals surface area contributed by atoms with Gasteiger partial charge in [-0.05, 0) is 77.9 Å². The van der Waals surface area contributed by atoms with E-state index < -0.39 is 0 Å². The quantitative estimate of drug-likeness (QED) is 0.522. The molecule has 3 amide bonds. The first-order valence-corrected chi connectivity index (χ1v) is 14.1. The van der Waals surface area contributed by atoms with Gasteiger partial charge in [-0.1, -0.05) is 12.8 Å². The Bertz CT molecular complexity index is 1190. The van der Waals surface area contributed by atoms with Gasteiger partial charge in [-0.25, -0.2) is 14.8 Å². The highest BCUT2D eigenvalue weighted by atomic mass is 16.5. The molecule has 39 heavy (non-hydrogen) atoms. The van der Waals surface area contributed by atoms with E-state index in [1.165, 1.54) is 0 Å². The minimum absolute atomic E-state index is 0.0421. The molecule has 0 unspecified atom stereocenters. The van der Waals surface area contributed by atoms with E-state index in [1.54, 1.807) is 35.3 Å². The van der Waals surface area contributed by atoms with Gasteiger partial charge in [-0.15, -0.1) is 0 Å². The van der Waals surface area contributed by atoms with Crippen LogP contribution in [0, 0.1) is 0 Å². The van der Waals surface area contributed by atoms with Crippen LogP contribution in [0.15, 0.2) is 24.4 Å². The van der Waals surface area contributed by atoms with Crippen LogP contribution in [-0.2, 0) is 0 Å². The number of hydrogen-bond donors (Lipinski definition) is 2. The van der Waals surface area contributed by atoms with Gasteiger partial charge in [0, 0.05) is 24.7 Å². The highest BCUT2D eigenvalue weighted by Gasteiger charge is 2.40. The smallest absolute Gasteiger partial charge is 0.343 e. The number of fused-ring (bicyclic) bond motifs is 1. The molecule has 0 atom stereocenters. The van der Waals surface area contributed by atoms with Gasteiger partial charge in [0.25, 0.3) is 5.91 Å². The first kappa shape index (κ1) is 27.0. The summed E-state index contributed by atoms with van der Waals surface area (Å²) in [4.78, 5) is 39.7. The van der Waals surface area contributed by atoms with Crippen molar-refractivity contribution in [3.8, 4) is 5.75 Å². The molecule has 0 bridgehead atoms. The number of carbonyl (C=O) groups excluding carboxylic acids is 2. The van der Waals surface area contributed by atoms with Crippen molar-refractivity contribution < 1.29 is 14.3 Å². The zero-order chi connectivity index (χ0) is 27.5. The summed E-state index contributed by atoms with van der Waals surface area (Å²) in [6.07, 6.45) is 7.95. The van der Waals surface area contributed by atoms with Crippen LogP contribution in [0.4, 0.5) is 27.9 Å². The van der Waals surface area contributed by atoms with Gasteiger partial charge in [0.15, 0.2) is 5.82 Å². The van der Waals surface area contributed by atoms with Gasteiger partial charge in [-0.2, -0.15) is 4.98 Å². The van der Waals surface area contributed by atoms with Crippen LogP contribution in [0.2, 0.25) is 0 Å². The Kier molecular flexibility index (Phi) is 8.06. The fourth-order valence-corrected chi connectivity index (χ4v) is 5.82. The predicted molar refractivity (Wildman–Crippen MR) is 152 cm³/mol. The van der Waals surface area contributed by atoms with E-state index in [4.69, 9.17) is 9.72 Å². The number of hydrogen-bond acceptors (Lipinski definition) is 8. The van der Waals surface area contributed by atoms with E-state index in [1.807, 2.05) is 19.9 Å². The molecule has 3 aliphatic rings. The molecule has 1 aliphatic carbocycles. The number of methoxy groups -OCH3 is 1. The maximum atomic E-state index is 13.3. The highest BCUT2D eigenvalue weighted by molar-refractivity contribution is 5.99. The summed E-state index contributed by atoms with van der Waals surface area (Å²) in [7, 11) is 3.69. The molecule has 11 nitrogen and oxygen atoms in total. The fraction of sp³-hybridized carbons (Fsp3) is 0.571. The second kappa shape index (κ2) is 11.6. The molecule has 210 valence electrons. The van der Waals surface area contributed by atoms with Gasteiger partial charge in [-0.3, -0.25) is 14.7 Å². The van der Waals surface area contributed by atoms with Crippen LogP contribution in [0.5, 0.6) is 5.75 Å². The van der Waals surface area contributed by atoms with Crippen LogP contribution >= 0.6 is 0 Å². The topological polar surface area (TPSA) is 106 Å². The lowest BCUT2D eigenvalue weighted by Crippen LogP contribution is -2.59. The lowest BCUT2D eigenvalue weighted by Gasteiger charge is -2.46. The first-order valence-electron chi connectivity index (χ1n) is 14.1. The van der Waals surface area contributed by atoms with Crippen LogP contribution < -0.4 is 25.3 Å². The average Bonchev–Trinajstić information content (AvgIpc) is 3.48. The summed E-state index contributed by atoms with van der Waals surface area (Å²) < 4.78 is 5.63. The van der Waals surface area contributed by atoms with Crippen LogP contribution in [0.25, 0.3) is 0 Å². The lowest BCUT2D eigenvalue weighted by atomic mass is 10.0. The predicted octanol–water partition coefficient (Wildman–Crippen LogP) is 4.00. The maximum Gasteiger partial charge on any atom is 0.343 e. The number of carbonyl (C=O) groups is 2. The second-order valence-electron chi connectivity index (χ2n) is 10.5. The first-order chi connectivity index (χ1) is 18.9. The zero-order valence-corrected chi connectivity index (χ0v) is 23.4. The summed E-state index contributed by atoms with van der Waals surface area (Å²) >= 11 is 0. The Hall–Kier alpha value is -3.60. The largest absolute Gasteiger partial charge is 0.495 e. The van der Waals surface area contributed by atoms with Gasteiger partial charge < -0.3 is 20.3 Å². The second-order valence-corrected chi connectivity index (χ2v) is 10.5. The molecule has 2 fully saturated rings. The number of amides is 3. The minimum Gasteiger partial charge on any atom is -0.495 e. The molecule has 1 saturated heterocycles. The molecule has 2 N–H and O–H groups in total. The Balaban J connectivity index is 1.39. The van der Waals surface area contributed by atoms with Gasteiger partial charge in [0.05, 0.1) is 25.0 Å². The van der Waals surface area contributed by atoms with Gasteiger partial charge in [0.1, 0.15) is 11.4 Å². The van der Waals surface area contributed by atoms with Crippen molar-refractivity contribution >= 4 is 35.1 Å². The van der Waals surface area contributed by atoms with Gasteiger partial charge in [0.2, 0.25) is 5.95 Å². The van der Waals surface area contributed by atoms with Crippen LogP contribution in [0.3, 0.4) is 0 Å². The molecular formula is C28H40N8O3. The van der Waals surface area contributed by atoms with E-state index in [0.717, 1.165) is 63.1 Å². The summed E-state index contributed by atoms with van der Waals surface area (Å²) in [5.74, 6) is 1.56. The molecule has 0 radical (unpaired) electrons. The molecular weight excluding hydrogens is 496 g/mol. The number of piperidine rings is 1. The molecule has 2 aromatic rings. The number of aromatic nitrogens is 2. The third-order valence-electron chi connectivity index (χ3n) is 8.02. The van der Waals surface area contributed by atoms with Crippen LogP contribution in [0.1, 0.15) is 62.7 Å². The minimum atomic E-state index is -0.101. The SMILES string of the molecule is CCN1C(=O)N(CC)N(C2CCCC2)c2nc(Nc3ccc(C(=O)NC4CCN(C)CC4)cc3OC)ncc21. The Morgan fingerprint density at radius 1 is 1.10 bits per heavy atom. The van der Waals surface area contributed by atoms with E-state index in [9.17, 15) is 9.59 Å². The summed E-state index contributed by atoms with van der Waals surface area (Å²) in [6.45, 7) is 7.02. The maximum absolute atomic E-state index is 13.3. The number of likely N-dealkylation sites (tertiary alicyclic amines) is 1. The lowest BCUT2D eigenvalue weighted by molar-refractivity contribution is 0.0916. The van der Waals surface area contributed by atoms with Crippen molar-refractivity contribution in [3.63, 3.8) is 0 Å². The average molecular weight is 537 g/mol. The fourth-order valence-electron chi connectivity index (χ4n) is 5.82. The number of nitrogens with zero attached hydrogens (tertiary/aromatic N) is 6. The van der Waals surface area contributed by atoms with Crippen molar-refractivity contribution in [2.45, 2.75) is 64.5 Å². The number of benzene rings is 1. The van der Waals surface area contributed by atoms with E-state index in [-0.39, 0.29) is 24.0 Å². The molecule has 1 saturated carbocycles.